The van der Waals surface area contributed by atoms with Crippen LogP contribution >= 0.6 is 22.7 Å². The van der Waals surface area contributed by atoms with Crippen LogP contribution in [-0.4, -0.2) is 16.6 Å². The molecule has 0 spiro atoms. The first-order valence-corrected chi connectivity index (χ1v) is 8.97. The molecule has 3 nitrogen and oxygen atoms in total. The van der Waals surface area contributed by atoms with Gasteiger partial charge in [-0.1, -0.05) is 12.1 Å². The summed E-state index contributed by atoms with van der Waals surface area (Å²) in [5.41, 5.74) is 0.786. The smallest absolute Gasteiger partial charge is 0.124 e. The highest BCUT2D eigenvalue weighted by Gasteiger charge is 2.22. The largest absolute Gasteiger partial charge is 0.384 e. The van der Waals surface area contributed by atoms with Crippen molar-refractivity contribution < 1.29 is 9.50 Å². The molecule has 0 fully saturated rings. The number of nitrogens with one attached hydrogen (secondary N) is 1. The van der Waals surface area contributed by atoms with E-state index in [1.165, 1.54) is 12.1 Å². The number of aromatic nitrogens is 1. The van der Waals surface area contributed by atoms with E-state index in [1.54, 1.807) is 41.7 Å². The minimum atomic E-state index is -1.05. The number of hydrogen-bond donors (Lipinski definition) is 2. The molecule has 0 amide bonds. The van der Waals surface area contributed by atoms with Crippen molar-refractivity contribution in [1.29, 1.82) is 0 Å². The van der Waals surface area contributed by atoms with Crippen molar-refractivity contribution in [2.24, 2.45) is 0 Å². The first-order chi connectivity index (χ1) is 11.0. The minimum Gasteiger partial charge on any atom is -0.384 e. The van der Waals surface area contributed by atoms with Crippen molar-refractivity contribution in [1.82, 2.24) is 10.3 Å². The second kappa shape index (κ2) is 6.88. The van der Waals surface area contributed by atoms with Crippen molar-refractivity contribution in [2.45, 2.75) is 19.1 Å². The molecule has 6 heteroatoms. The number of thiophene rings is 1. The first kappa shape index (κ1) is 16.3. The predicted molar refractivity (Wildman–Crippen MR) is 93.1 cm³/mol. The molecule has 1 atom stereocenters. The zero-order valence-corrected chi connectivity index (χ0v) is 14.3. The van der Waals surface area contributed by atoms with Crippen molar-refractivity contribution in [3.05, 3.63) is 63.5 Å². The molecule has 3 aromatic rings. The van der Waals surface area contributed by atoms with Gasteiger partial charge in [-0.25, -0.2) is 9.37 Å². The Bertz CT molecular complexity index is 751. The zero-order valence-electron chi connectivity index (χ0n) is 12.6. The molecule has 3 rings (SSSR count). The Morgan fingerprint density at radius 3 is 2.74 bits per heavy atom. The average molecular weight is 348 g/mol. The second-order valence-corrected chi connectivity index (χ2v) is 7.42. The maximum atomic E-state index is 13.0. The highest BCUT2D eigenvalue weighted by Crippen LogP contribution is 2.27. The lowest BCUT2D eigenvalue weighted by Crippen LogP contribution is -2.35. The average Bonchev–Trinajstić information content (AvgIpc) is 3.18. The Balaban J connectivity index is 1.57. The molecule has 2 N–H and O–H groups in total. The predicted octanol–water partition coefficient (Wildman–Crippen LogP) is 4.01. The van der Waals surface area contributed by atoms with E-state index < -0.39 is 5.60 Å². The van der Waals surface area contributed by atoms with Gasteiger partial charge in [-0.3, -0.25) is 0 Å². The Hall–Kier alpha value is -1.60. The maximum absolute atomic E-state index is 13.0. The van der Waals surface area contributed by atoms with Gasteiger partial charge in [0, 0.05) is 35.1 Å². The van der Waals surface area contributed by atoms with Crippen molar-refractivity contribution in [2.75, 3.05) is 6.54 Å². The topological polar surface area (TPSA) is 45.1 Å². The summed E-state index contributed by atoms with van der Waals surface area (Å²) < 4.78 is 13.0. The summed E-state index contributed by atoms with van der Waals surface area (Å²) in [7, 11) is 0. The van der Waals surface area contributed by atoms with E-state index in [0.29, 0.717) is 18.7 Å². The van der Waals surface area contributed by atoms with Crippen molar-refractivity contribution in [3.8, 4) is 10.6 Å². The molecule has 1 unspecified atom stereocenters. The summed E-state index contributed by atoms with van der Waals surface area (Å²) in [6.07, 6.45) is 1.86. The molecular formula is C17H17FN2OS2. The Morgan fingerprint density at radius 1 is 1.26 bits per heavy atom. The number of thiazole rings is 1. The van der Waals surface area contributed by atoms with E-state index in [-0.39, 0.29) is 5.82 Å². The van der Waals surface area contributed by atoms with Gasteiger partial charge in [-0.05, 0) is 36.1 Å². The number of aliphatic hydroxyl groups is 1. The van der Waals surface area contributed by atoms with Gasteiger partial charge in [-0.2, -0.15) is 11.3 Å². The van der Waals surface area contributed by atoms with E-state index in [2.05, 4.69) is 21.7 Å². The van der Waals surface area contributed by atoms with Crippen LogP contribution < -0.4 is 5.32 Å². The first-order valence-electron chi connectivity index (χ1n) is 7.21. The Kier molecular flexibility index (Phi) is 4.87. The lowest BCUT2D eigenvalue weighted by molar-refractivity contribution is 0.0567. The summed E-state index contributed by atoms with van der Waals surface area (Å²) in [6.45, 7) is 2.74. The lowest BCUT2D eigenvalue weighted by atomic mass is 9.96. The van der Waals surface area contributed by atoms with Crippen LogP contribution in [-0.2, 0) is 12.1 Å². The van der Waals surface area contributed by atoms with Crippen molar-refractivity contribution in [3.63, 3.8) is 0 Å². The fourth-order valence-corrected chi connectivity index (χ4v) is 3.84. The third-order valence-corrected chi connectivity index (χ3v) is 5.29. The van der Waals surface area contributed by atoms with Gasteiger partial charge >= 0.3 is 0 Å². The summed E-state index contributed by atoms with van der Waals surface area (Å²) >= 11 is 3.30. The van der Waals surface area contributed by atoms with Gasteiger partial charge in [0.1, 0.15) is 10.8 Å². The monoisotopic (exact) mass is 348 g/mol. The molecule has 2 aromatic heterocycles. The standard InChI is InChI=1S/C17H17FN2OS2/c1-17(21,13-2-4-14(18)5-3-13)11-19-8-15-9-20-16(23-15)12-6-7-22-10-12/h2-7,9-10,19,21H,8,11H2,1H3. The molecule has 120 valence electrons. The van der Waals surface area contributed by atoms with Crippen LogP contribution in [0.15, 0.2) is 47.3 Å². The normalized spacial score (nSPS) is 13.9. The van der Waals surface area contributed by atoms with E-state index in [4.69, 9.17) is 0 Å². The molecule has 1 aromatic carbocycles. The molecule has 0 saturated heterocycles. The SMILES string of the molecule is CC(O)(CNCc1cnc(-c2ccsc2)s1)c1ccc(F)cc1. The molecule has 0 saturated carbocycles. The number of nitrogens with zero attached hydrogens (tertiary/aromatic N) is 1. The fraction of sp³-hybridized carbons (Fsp3) is 0.235. The quantitative estimate of drug-likeness (QED) is 0.707. The fourth-order valence-electron chi connectivity index (χ4n) is 2.25. The molecule has 0 radical (unpaired) electrons. The molecule has 23 heavy (non-hydrogen) atoms. The molecule has 2 heterocycles. The van der Waals surface area contributed by atoms with Crippen LogP contribution in [0.25, 0.3) is 10.6 Å². The number of benzene rings is 1. The van der Waals surface area contributed by atoms with Crippen LogP contribution in [0.5, 0.6) is 0 Å². The third kappa shape index (κ3) is 4.03. The van der Waals surface area contributed by atoms with E-state index >= 15 is 0 Å². The van der Waals surface area contributed by atoms with E-state index in [9.17, 15) is 9.50 Å². The van der Waals surface area contributed by atoms with Gasteiger partial charge in [0.15, 0.2) is 0 Å². The highest BCUT2D eigenvalue weighted by molar-refractivity contribution is 7.15. The van der Waals surface area contributed by atoms with Gasteiger partial charge in [0.05, 0.1) is 5.60 Å². The molecule has 0 bridgehead atoms. The third-order valence-electron chi connectivity index (χ3n) is 3.56. The van der Waals surface area contributed by atoms with Crippen LogP contribution in [0.2, 0.25) is 0 Å². The van der Waals surface area contributed by atoms with Crippen LogP contribution in [0, 0.1) is 5.82 Å². The Labute approximate surface area is 142 Å². The summed E-state index contributed by atoms with van der Waals surface area (Å²) in [6, 6.07) is 8.00. The number of hydrogen-bond acceptors (Lipinski definition) is 5. The van der Waals surface area contributed by atoms with Crippen LogP contribution in [0.4, 0.5) is 4.39 Å². The minimum absolute atomic E-state index is 0.303. The lowest BCUT2D eigenvalue weighted by Gasteiger charge is -2.24. The summed E-state index contributed by atoms with van der Waals surface area (Å²) in [5, 5.41) is 18.9. The number of halogens is 1. The second-order valence-electron chi connectivity index (χ2n) is 5.53. The Morgan fingerprint density at radius 2 is 2.04 bits per heavy atom. The molecule has 0 aliphatic rings. The maximum Gasteiger partial charge on any atom is 0.124 e. The molecule has 0 aliphatic carbocycles. The molecule has 0 aliphatic heterocycles. The van der Waals surface area contributed by atoms with Gasteiger partial charge in [-0.15, -0.1) is 11.3 Å². The van der Waals surface area contributed by atoms with Crippen LogP contribution in [0.3, 0.4) is 0 Å². The van der Waals surface area contributed by atoms with Gasteiger partial charge in [0.2, 0.25) is 0 Å². The summed E-state index contributed by atoms with van der Waals surface area (Å²) in [4.78, 5) is 5.53. The van der Waals surface area contributed by atoms with E-state index in [0.717, 1.165) is 15.4 Å². The molecular weight excluding hydrogens is 331 g/mol. The zero-order chi connectivity index (χ0) is 16.3. The van der Waals surface area contributed by atoms with Gasteiger partial charge in [0.25, 0.3) is 0 Å². The van der Waals surface area contributed by atoms with Crippen LogP contribution in [0.1, 0.15) is 17.4 Å². The van der Waals surface area contributed by atoms with Gasteiger partial charge < -0.3 is 10.4 Å². The number of rotatable bonds is 6. The van der Waals surface area contributed by atoms with Crippen molar-refractivity contribution >= 4 is 22.7 Å². The highest BCUT2D eigenvalue weighted by atomic mass is 32.1. The summed E-state index contributed by atoms with van der Waals surface area (Å²) in [5.74, 6) is -0.303. The van der Waals surface area contributed by atoms with E-state index in [1.807, 2.05) is 11.6 Å².